The highest BCUT2D eigenvalue weighted by atomic mass is 16.5. The van der Waals surface area contributed by atoms with E-state index in [-0.39, 0.29) is 24.5 Å². The Morgan fingerprint density at radius 1 is 1.52 bits per heavy atom. The molecule has 0 spiro atoms. The second-order valence-corrected chi connectivity index (χ2v) is 5.25. The molecule has 0 saturated carbocycles. The lowest BCUT2D eigenvalue weighted by Gasteiger charge is -2.14. The molecule has 1 aliphatic rings. The zero-order chi connectivity index (χ0) is 15.1. The third-order valence-electron chi connectivity index (χ3n) is 3.51. The Bertz CT molecular complexity index is 544. The molecule has 1 aromatic carbocycles. The first-order chi connectivity index (χ1) is 10.2. The summed E-state index contributed by atoms with van der Waals surface area (Å²) in [6.45, 7) is 3.24. The fraction of sp³-hybridized carbons (Fsp3) is 0.471. The van der Waals surface area contributed by atoms with E-state index in [1.165, 1.54) is 0 Å². The summed E-state index contributed by atoms with van der Waals surface area (Å²) in [5.74, 6) is 6.11. The van der Waals surface area contributed by atoms with Gasteiger partial charge in [-0.2, -0.15) is 0 Å². The molecular formula is C17H21NO3. The molecule has 1 fully saturated rings. The van der Waals surface area contributed by atoms with Crippen LogP contribution in [0.4, 0.5) is 0 Å². The molecule has 0 aliphatic carbocycles. The number of rotatable bonds is 4. The maximum absolute atomic E-state index is 12.0. The van der Waals surface area contributed by atoms with E-state index in [2.05, 4.69) is 17.2 Å². The van der Waals surface area contributed by atoms with Crippen molar-refractivity contribution < 1.29 is 14.6 Å². The van der Waals surface area contributed by atoms with Crippen LogP contribution >= 0.6 is 0 Å². The Balaban J connectivity index is 1.90. The van der Waals surface area contributed by atoms with Crippen molar-refractivity contribution in [3.05, 3.63) is 35.4 Å². The summed E-state index contributed by atoms with van der Waals surface area (Å²) in [5.41, 5.74) is 1.89. The number of hydrogen-bond donors (Lipinski definition) is 2. The second kappa shape index (κ2) is 7.82. The third-order valence-corrected chi connectivity index (χ3v) is 3.51. The smallest absolute Gasteiger partial charge is 0.249 e. The van der Waals surface area contributed by atoms with Crippen molar-refractivity contribution in [3.63, 3.8) is 0 Å². The molecule has 1 aromatic rings. The fourth-order valence-electron chi connectivity index (χ4n) is 2.30. The lowest BCUT2D eigenvalue weighted by molar-refractivity contribution is -0.131. The van der Waals surface area contributed by atoms with Crippen LogP contribution in [0.15, 0.2) is 24.3 Å². The standard InChI is InChI=1S/C17H21NO3/c1-13-8-10-21-16(13)17(20)18-12-15-7-4-6-14(11-15)5-2-3-9-19/h4,6-7,11,13,16,19H,3,8-10,12H2,1H3,(H,18,20). The van der Waals surface area contributed by atoms with Gasteiger partial charge in [0.1, 0.15) is 6.10 Å². The summed E-state index contributed by atoms with van der Waals surface area (Å²) in [5, 5.41) is 11.6. The van der Waals surface area contributed by atoms with Crippen molar-refractivity contribution in [2.75, 3.05) is 13.2 Å². The summed E-state index contributed by atoms with van der Waals surface area (Å²) in [6.07, 6.45) is 1.09. The summed E-state index contributed by atoms with van der Waals surface area (Å²) in [6, 6.07) is 7.73. The van der Waals surface area contributed by atoms with Crippen molar-refractivity contribution in [1.29, 1.82) is 0 Å². The van der Waals surface area contributed by atoms with Crippen LogP contribution in [0.2, 0.25) is 0 Å². The van der Waals surface area contributed by atoms with Gasteiger partial charge in [0.15, 0.2) is 0 Å². The van der Waals surface area contributed by atoms with Gasteiger partial charge < -0.3 is 15.2 Å². The van der Waals surface area contributed by atoms with Crippen molar-refractivity contribution in [2.24, 2.45) is 5.92 Å². The maximum atomic E-state index is 12.0. The van der Waals surface area contributed by atoms with E-state index in [4.69, 9.17) is 9.84 Å². The highest BCUT2D eigenvalue weighted by Crippen LogP contribution is 2.20. The van der Waals surface area contributed by atoms with Gasteiger partial charge in [0.2, 0.25) is 5.91 Å². The van der Waals surface area contributed by atoms with Crippen molar-refractivity contribution in [3.8, 4) is 11.8 Å². The molecule has 4 heteroatoms. The molecule has 0 bridgehead atoms. The highest BCUT2D eigenvalue weighted by Gasteiger charge is 2.30. The van der Waals surface area contributed by atoms with Crippen molar-refractivity contribution in [1.82, 2.24) is 5.32 Å². The van der Waals surface area contributed by atoms with E-state index in [1.54, 1.807) is 0 Å². The molecule has 0 aromatic heterocycles. The number of aliphatic hydroxyl groups excluding tert-OH is 1. The Morgan fingerprint density at radius 3 is 3.10 bits per heavy atom. The molecule has 2 unspecified atom stereocenters. The number of aliphatic hydroxyl groups is 1. The molecule has 1 aliphatic heterocycles. The number of nitrogens with one attached hydrogen (secondary N) is 1. The van der Waals surface area contributed by atoms with Gasteiger partial charge in [-0.3, -0.25) is 4.79 Å². The monoisotopic (exact) mass is 287 g/mol. The number of amides is 1. The summed E-state index contributed by atoms with van der Waals surface area (Å²) >= 11 is 0. The third kappa shape index (κ3) is 4.59. The predicted molar refractivity (Wildman–Crippen MR) is 80.4 cm³/mol. The van der Waals surface area contributed by atoms with Gasteiger partial charge >= 0.3 is 0 Å². The van der Waals surface area contributed by atoms with Crippen LogP contribution < -0.4 is 5.32 Å². The van der Waals surface area contributed by atoms with Gasteiger partial charge in [0, 0.05) is 25.1 Å². The van der Waals surface area contributed by atoms with Crippen LogP contribution in [0.5, 0.6) is 0 Å². The highest BCUT2D eigenvalue weighted by molar-refractivity contribution is 5.81. The van der Waals surface area contributed by atoms with Crippen LogP contribution in [0.3, 0.4) is 0 Å². The zero-order valence-corrected chi connectivity index (χ0v) is 12.3. The van der Waals surface area contributed by atoms with E-state index in [0.29, 0.717) is 19.6 Å². The maximum Gasteiger partial charge on any atom is 0.249 e. The van der Waals surface area contributed by atoms with Crippen LogP contribution in [0.1, 0.15) is 30.9 Å². The van der Waals surface area contributed by atoms with Crippen LogP contribution in [0.25, 0.3) is 0 Å². The quantitative estimate of drug-likeness (QED) is 0.824. The Labute approximate surface area is 125 Å². The molecule has 112 valence electrons. The van der Waals surface area contributed by atoms with Crippen molar-refractivity contribution in [2.45, 2.75) is 32.4 Å². The topological polar surface area (TPSA) is 58.6 Å². The average Bonchev–Trinajstić information content (AvgIpc) is 2.92. The summed E-state index contributed by atoms with van der Waals surface area (Å²) in [7, 11) is 0. The van der Waals surface area contributed by atoms with Gasteiger partial charge in [-0.25, -0.2) is 0 Å². The number of benzene rings is 1. The van der Waals surface area contributed by atoms with E-state index in [1.807, 2.05) is 31.2 Å². The van der Waals surface area contributed by atoms with Crippen LogP contribution in [-0.2, 0) is 16.1 Å². The molecule has 2 atom stereocenters. The molecule has 1 amide bonds. The second-order valence-electron chi connectivity index (χ2n) is 5.25. The van der Waals surface area contributed by atoms with E-state index in [9.17, 15) is 4.79 Å². The number of carbonyl (C=O) groups excluding carboxylic acids is 1. The minimum Gasteiger partial charge on any atom is -0.395 e. The Kier molecular flexibility index (Phi) is 5.79. The minimum atomic E-state index is -0.322. The van der Waals surface area contributed by atoms with E-state index in [0.717, 1.165) is 17.5 Å². The molecule has 4 nitrogen and oxygen atoms in total. The molecule has 21 heavy (non-hydrogen) atoms. The Morgan fingerprint density at radius 2 is 2.38 bits per heavy atom. The van der Waals surface area contributed by atoms with Crippen LogP contribution in [-0.4, -0.2) is 30.3 Å². The lowest BCUT2D eigenvalue weighted by Crippen LogP contribution is -2.36. The van der Waals surface area contributed by atoms with E-state index >= 15 is 0 Å². The fourth-order valence-corrected chi connectivity index (χ4v) is 2.30. The lowest BCUT2D eigenvalue weighted by atomic mass is 10.0. The first-order valence-electron chi connectivity index (χ1n) is 7.28. The number of hydrogen-bond acceptors (Lipinski definition) is 3. The average molecular weight is 287 g/mol. The van der Waals surface area contributed by atoms with Gasteiger partial charge in [-0.05, 0) is 30.0 Å². The zero-order valence-electron chi connectivity index (χ0n) is 12.3. The van der Waals surface area contributed by atoms with Gasteiger partial charge in [-0.15, -0.1) is 0 Å². The van der Waals surface area contributed by atoms with Gasteiger partial charge in [-0.1, -0.05) is 30.9 Å². The predicted octanol–water partition coefficient (Wildman–Crippen LogP) is 1.46. The molecule has 0 radical (unpaired) electrons. The van der Waals surface area contributed by atoms with Gasteiger partial charge in [0.05, 0.1) is 6.61 Å². The molecular weight excluding hydrogens is 266 g/mol. The van der Waals surface area contributed by atoms with Crippen molar-refractivity contribution >= 4 is 5.91 Å². The van der Waals surface area contributed by atoms with E-state index < -0.39 is 0 Å². The molecule has 1 saturated heterocycles. The first kappa shape index (κ1) is 15.6. The van der Waals surface area contributed by atoms with Crippen LogP contribution in [0, 0.1) is 17.8 Å². The largest absolute Gasteiger partial charge is 0.395 e. The molecule has 2 rings (SSSR count). The van der Waals surface area contributed by atoms with Gasteiger partial charge in [0.25, 0.3) is 0 Å². The SMILES string of the molecule is CC1CCOC1C(=O)NCc1cccc(C#CCCO)c1. The summed E-state index contributed by atoms with van der Waals surface area (Å²) < 4.78 is 5.45. The molecule has 1 heterocycles. The molecule has 2 N–H and O–H groups in total. The summed E-state index contributed by atoms with van der Waals surface area (Å²) in [4.78, 5) is 12.0. The first-order valence-corrected chi connectivity index (χ1v) is 7.28. The number of carbonyl (C=O) groups is 1. The normalized spacial score (nSPS) is 20.7. The Hall–Kier alpha value is -1.83. The number of ether oxygens (including phenoxy) is 1. The minimum absolute atomic E-state index is 0.0447.